The van der Waals surface area contributed by atoms with Gasteiger partial charge in [0.25, 0.3) is 0 Å². The van der Waals surface area contributed by atoms with E-state index in [4.69, 9.17) is 10.00 Å². The summed E-state index contributed by atoms with van der Waals surface area (Å²) in [5.74, 6) is 0. The van der Waals surface area contributed by atoms with Crippen LogP contribution < -0.4 is 9.47 Å². The number of hydrogen-bond donors (Lipinski definition) is 0. The molecule has 2 aromatic rings. The molecule has 0 saturated heterocycles. The SMILES string of the molecule is N#CCc1ccnc(OCc2ccc[n+]([O-])c2)n1. The molecular weight excluding hydrogens is 232 g/mol. The number of hydrogen-bond acceptors (Lipinski definition) is 5. The predicted octanol–water partition coefficient (Wildman–Crippen LogP) is 0.755. The lowest BCUT2D eigenvalue weighted by atomic mass is 10.3. The summed E-state index contributed by atoms with van der Waals surface area (Å²) < 4.78 is 6.05. The Labute approximate surface area is 104 Å². The van der Waals surface area contributed by atoms with Crippen molar-refractivity contribution < 1.29 is 9.47 Å². The number of nitrogens with zero attached hydrogens (tertiary/aromatic N) is 4. The van der Waals surface area contributed by atoms with Crippen LogP contribution >= 0.6 is 0 Å². The van der Waals surface area contributed by atoms with Crippen LogP contribution in [-0.2, 0) is 13.0 Å². The third-order valence-corrected chi connectivity index (χ3v) is 2.16. The molecule has 0 N–H and O–H groups in total. The van der Waals surface area contributed by atoms with Gasteiger partial charge in [-0.3, -0.25) is 0 Å². The summed E-state index contributed by atoms with van der Waals surface area (Å²) in [6.07, 6.45) is 4.56. The summed E-state index contributed by atoms with van der Waals surface area (Å²) in [4.78, 5) is 7.99. The molecule has 0 aliphatic rings. The zero-order chi connectivity index (χ0) is 12.8. The first kappa shape index (κ1) is 11.8. The molecule has 0 atom stereocenters. The fourth-order valence-corrected chi connectivity index (χ4v) is 1.36. The number of aromatic nitrogens is 3. The molecule has 0 aliphatic heterocycles. The Morgan fingerprint density at radius 3 is 3.11 bits per heavy atom. The van der Waals surface area contributed by atoms with Gasteiger partial charge in [0, 0.05) is 12.3 Å². The third-order valence-electron chi connectivity index (χ3n) is 2.16. The van der Waals surface area contributed by atoms with Crippen LogP contribution in [0.15, 0.2) is 36.8 Å². The second-order valence-electron chi connectivity index (χ2n) is 3.53. The maximum Gasteiger partial charge on any atom is 0.316 e. The molecule has 0 spiro atoms. The van der Waals surface area contributed by atoms with Crippen LogP contribution in [0.2, 0.25) is 0 Å². The summed E-state index contributed by atoms with van der Waals surface area (Å²) in [6.45, 7) is 0.207. The lowest BCUT2D eigenvalue weighted by Crippen LogP contribution is -2.25. The van der Waals surface area contributed by atoms with Crippen LogP contribution in [0.3, 0.4) is 0 Å². The molecule has 6 heteroatoms. The van der Waals surface area contributed by atoms with Crippen molar-refractivity contribution in [3.63, 3.8) is 0 Å². The van der Waals surface area contributed by atoms with Crippen molar-refractivity contribution in [1.29, 1.82) is 5.26 Å². The second-order valence-corrected chi connectivity index (χ2v) is 3.53. The maximum atomic E-state index is 11.0. The minimum atomic E-state index is 0.198. The van der Waals surface area contributed by atoms with Crippen molar-refractivity contribution in [2.24, 2.45) is 0 Å². The molecule has 6 nitrogen and oxygen atoms in total. The van der Waals surface area contributed by atoms with Gasteiger partial charge in [0.15, 0.2) is 12.4 Å². The lowest BCUT2D eigenvalue weighted by Gasteiger charge is -2.04. The summed E-state index contributed by atoms with van der Waals surface area (Å²) in [6, 6.07) is 7.27. The van der Waals surface area contributed by atoms with Crippen LogP contribution in [0, 0.1) is 16.5 Å². The average molecular weight is 242 g/mol. The Balaban J connectivity index is 2.02. The van der Waals surface area contributed by atoms with E-state index in [0.717, 1.165) is 5.56 Å². The Morgan fingerprint density at radius 1 is 1.44 bits per heavy atom. The van der Waals surface area contributed by atoms with E-state index in [1.807, 2.05) is 6.07 Å². The standard InChI is InChI=1S/C12H10N4O2/c13-5-3-11-4-6-14-12(15-11)18-9-10-2-1-7-16(17)8-10/h1-2,4,6-8H,3,9H2. The number of rotatable bonds is 4. The molecular formula is C12H10N4O2. The molecule has 0 bridgehead atoms. The zero-order valence-electron chi connectivity index (χ0n) is 9.48. The van der Waals surface area contributed by atoms with Gasteiger partial charge in [0.1, 0.15) is 6.61 Å². The van der Waals surface area contributed by atoms with Crippen LogP contribution in [0.4, 0.5) is 0 Å². The van der Waals surface area contributed by atoms with Crippen molar-refractivity contribution >= 4 is 0 Å². The normalized spacial score (nSPS) is 9.72. The van der Waals surface area contributed by atoms with Gasteiger partial charge in [0.05, 0.1) is 23.7 Å². The Hall–Kier alpha value is -2.68. The highest BCUT2D eigenvalue weighted by molar-refractivity contribution is 5.10. The van der Waals surface area contributed by atoms with E-state index in [-0.39, 0.29) is 19.0 Å². The van der Waals surface area contributed by atoms with Crippen LogP contribution in [-0.4, -0.2) is 9.97 Å². The van der Waals surface area contributed by atoms with E-state index < -0.39 is 0 Å². The van der Waals surface area contributed by atoms with Crippen molar-refractivity contribution in [3.8, 4) is 12.1 Å². The first-order valence-electron chi connectivity index (χ1n) is 5.27. The van der Waals surface area contributed by atoms with Crippen molar-refractivity contribution in [3.05, 3.63) is 53.3 Å². The van der Waals surface area contributed by atoms with Crippen LogP contribution in [0.5, 0.6) is 6.01 Å². The highest BCUT2D eigenvalue weighted by Crippen LogP contribution is 2.06. The number of ether oxygens (including phenoxy) is 1. The molecule has 2 heterocycles. The van der Waals surface area contributed by atoms with E-state index in [9.17, 15) is 5.21 Å². The Bertz CT molecular complexity index is 580. The molecule has 0 aliphatic carbocycles. The van der Waals surface area contributed by atoms with Crippen molar-refractivity contribution in [1.82, 2.24) is 9.97 Å². The number of pyridine rings is 1. The predicted molar refractivity (Wildman–Crippen MR) is 61.1 cm³/mol. The van der Waals surface area contributed by atoms with Gasteiger partial charge in [-0.2, -0.15) is 15.0 Å². The topological polar surface area (TPSA) is 85.7 Å². The monoisotopic (exact) mass is 242 g/mol. The van der Waals surface area contributed by atoms with Gasteiger partial charge in [0.2, 0.25) is 0 Å². The Kier molecular flexibility index (Phi) is 3.66. The molecule has 0 fully saturated rings. The smallest absolute Gasteiger partial charge is 0.316 e. The van der Waals surface area contributed by atoms with Crippen LogP contribution in [0.25, 0.3) is 0 Å². The average Bonchev–Trinajstić information content (AvgIpc) is 2.37. The van der Waals surface area contributed by atoms with Gasteiger partial charge in [-0.15, -0.1) is 0 Å². The first-order valence-corrected chi connectivity index (χ1v) is 5.27. The minimum absolute atomic E-state index is 0.198. The van der Waals surface area contributed by atoms with E-state index in [0.29, 0.717) is 10.4 Å². The molecule has 0 aromatic carbocycles. The molecule has 2 rings (SSSR count). The number of nitriles is 1. The van der Waals surface area contributed by atoms with Gasteiger partial charge in [-0.25, -0.2) is 4.98 Å². The zero-order valence-corrected chi connectivity index (χ0v) is 9.48. The van der Waals surface area contributed by atoms with Gasteiger partial charge in [-0.1, -0.05) is 0 Å². The minimum Gasteiger partial charge on any atom is -0.619 e. The maximum absolute atomic E-state index is 11.0. The molecule has 0 unspecified atom stereocenters. The van der Waals surface area contributed by atoms with Gasteiger partial charge >= 0.3 is 6.01 Å². The molecule has 2 aromatic heterocycles. The summed E-state index contributed by atoms with van der Waals surface area (Å²) in [5.41, 5.74) is 1.33. The molecule has 0 saturated carbocycles. The third kappa shape index (κ3) is 3.15. The van der Waals surface area contributed by atoms with Gasteiger partial charge in [-0.05, 0) is 12.1 Å². The first-order chi connectivity index (χ1) is 8.78. The highest BCUT2D eigenvalue weighted by atomic mass is 16.5. The van der Waals surface area contributed by atoms with Crippen LogP contribution in [0.1, 0.15) is 11.3 Å². The molecule has 90 valence electrons. The Morgan fingerprint density at radius 2 is 2.33 bits per heavy atom. The van der Waals surface area contributed by atoms with E-state index in [1.165, 1.54) is 18.6 Å². The summed E-state index contributed by atoms with van der Waals surface area (Å²) in [5, 5.41) is 19.6. The van der Waals surface area contributed by atoms with Crippen molar-refractivity contribution in [2.75, 3.05) is 0 Å². The van der Waals surface area contributed by atoms with E-state index in [2.05, 4.69) is 9.97 Å². The summed E-state index contributed by atoms with van der Waals surface area (Å²) >= 11 is 0. The fourth-order valence-electron chi connectivity index (χ4n) is 1.36. The largest absolute Gasteiger partial charge is 0.619 e. The quantitative estimate of drug-likeness (QED) is 0.583. The lowest BCUT2D eigenvalue weighted by molar-refractivity contribution is -0.606. The van der Waals surface area contributed by atoms with Crippen molar-refractivity contribution in [2.45, 2.75) is 13.0 Å². The fraction of sp³-hybridized carbons (Fsp3) is 0.167. The second kappa shape index (κ2) is 5.59. The molecule has 18 heavy (non-hydrogen) atoms. The van der Waals surface area contributed by atoms with E-state index in [1.54, 1.807) is 18.2 Å². The van der Waals surface area contributed by atoms with E-state index >= 15 is 0 Å². The molecule has 0 amide bonds. The molecule has 0 radical (unpaired) electrons. The highest BCUT2D eigenvalue weighted by Gasteiger charge is 2.02. The summed E-state index contributed by atoms with van der Waals surface area (Å²) in [7, 11) is 0. The van der Waals surface area contributed by atoms with Gasteiger partial charge < -0.3 is 9.94 Å².